The van der Waals surface area contributed by atoms with Crippen molar-refractivity contribution in [2.45, 2.75) is 25.3 Å². The molecule has 1 aliphatic heterocycles. The van der Waals surface area contributed by atoms with Crippen LogP contribution in [-0.4, -0.2) is 13.3 Å². The van der Waals surface area contributed by atoms with Crippen molar-refractivity contribution in [2.75, 3.05) is 13.3 Å². The Morgan fingerprint density at radius 2 is 1.94 bits per heavy atom. The van der Waals surface area contributed by atoms with Gasteiger partial charge in [-0.2, -0.15) is 0 Å². The Kier molecular flexibility index (Phi) is 4.25. The van der Waals surface area contributed by atoms with Crippen LogP contribution in [0, 0.1) is 0 Å². The first kappa shape index (κ1) is 12.7. The molecular weight excluding hydrogens is 284 g/mol. The summed E-state index contributed by atoms with van der Waals surface area (Å²) >= 11 is 3.52. The summed E-state index contributed by atoms with van der Waals surface area (Å²) in [6.45, 7) is 1.00. The van der Waals surface area contributed by atoms with Gasteiger partial charge in [0.1, 0.15) is 0 Å². The summed E-state index contributed by atoms with van der Waals surface area (Å²) in [6, 6.07) is 3.88. The van der Waals surface area contributed by atoms with Gasteiger partial charge in [-0.25, -0.2) is 0 Å². The number of halogens is 1. The van der Waals surface area contributed by atoms with Crippen LogP contribution in [0.15, 0.2) is 16.6 Å². The van der Waals surface area contributed by atoms with E-state index in [1.165, 1.54) is 0 Å². The molecule has 1 atom stereocenters. The molecule has 0 spiro atoms. The molecular formula is C12H17BrN2O2. The molecule has 1 heterocycles. The van der Waals surface area contributed by atoms with Crippen LogP contribution in [0.25, 0.3) is 0 Å². The third-order valence-corrected chi connectivity index (χ3v) is 3.55. The van der Waals surface area contributed by atoms with Crippen LogP contribution in [-0.2, 0) is 0 Å². The van der Waals surface area contributed by atoms with Crippen molar-refractivity contribution in [3.8, 4) is 11.5 Å². The quantitative estimate of drug-likeness (QED) is 0.819. The first-order valence-electron chi connectivity index (χ1n) is 5.77. The predicted molar refractivity (Wildman–Crippen MR) is 70.1 cm³/mol. The fourth-order valence-electron chi connectivity index (χ4n) is 1.88. The Morgan fingerprint density at radius 3 is 2.65 bits per heavy atom. The fraction of sp³-hybridized carbons (Fsp3) is 0.500. The van der Waals surface area contributed by atoms with Crippen molar-refractivity contribution in [2.24, 2.45) is 11.5 Å². The van der Waals surface area contributed by atoms with Gasteiger partial charge in [-0.15, -0.1) is 0 Å². The molecule has 0 bridgehead atoms. The summed E-state index contributed by atoms with van der Waals surface area (Å²) in [4.78, 5) is 0. The molecule has 4 N–H and O–H groups in total. The second-order valence-electron chi connectivity index (χ2n) is 4.12. The van der Waals surface area contributed by atoms with Gasteiger partial charge in [0.15, 0.2) is 11.5 Å². The van der Waals surface area contributed by atoms with Gasteiger partial charge in [-0.3, -0.25) is 0 Å². The van der Waals surface area contributed by atoms with Gasteiger partial charge in [0.25, 0.3) is 0 Å². The molecule has 0 saturated heterocycles. The summed E-state index contributed by atoms with van der Waals surface area (Å²) in [6.07, 6.45) is 2.98. The van der Waals surface area contributed by atoms with Crippen LogP contribution in [0.5, 0.6) is 11.5 Å². The topological polar surface area (TPSA) is 70.5 Å². The summed E-state index contributed by atoms with van der Waals surface area (Å²) < 4.78 is 11.6. The van der Waals surface area contributed by atoms with E-state index in [0.717, 1.165) is 47.3 Å². The maximum atomic E-state index is 6.16. The van der Waals surface area contributed by atoms with Crippen LogP contribution in [0.1, 0.15) is 30.9 Å². The molecule has 0 unspecified atom stereocenters. The van der Waals surface area contributed by atoms with E-state index in [1.807, 2.05) is 12.1 Å². The van der Waals surface area contributed by atoms with Gasteiger partial charge in [-0.1, -0.05) is 22.4 Å². The second kappa shape index (κ2) is 5.71. The lowest BCUT2D eigenvalue weighted by molar-refractivity contribution is 0.174. The molecule has 0 amide bonds. The lowest BCUT2D eigenvalue weighted by Gasteiger charge is -2.14. The minimum Gasteiger partial charge on any atom is -0.454 e. The zero-order chi connectivity index (χ0) is 12.3. The highest BCUT2D eigenvalue weighted by Crippen LogP contribution is 2.39. The fourth-order valence-corrected chi connectivity index (χ4v) is 2.50. The standard InChI is InChI=1S/C12H17BrN2O2/c13-9-6-12-11(16-7-17-12)5-8(9)10(15)3-1-2-4-14/h5-6,10H,1-4,7,14-15H2/t10-/m1/s1. The van der Waals surface area contributed by atoms with Crippen LogP contribution in [0.2, 0.25) is 0 Å². The van der Waals surface area contributed by atoms with E-state index in [4.69, 9.17) is 20.9 Å². The minimum absolute atomic E-state index is 0.00502. The Bertz CT molecular complexity index is 398. The molecule has 5 heteroatoms. The van der Waals surface area contributed by atoms with Gasteiger partial charge in [-0.05, 0) is 37.1 Å². The molecule has 17 heavy (non-hydrogen) atoms. The number of hydrogen-bond acceptors (Lipinski definition) is 4. The number of unbranched alkanes of at least 4 members (excludes halogenated alkanes) is 1. The van der Waals surface area contributed by atoms with Gasteiger partial charge in [0.2, 0.25) is 6.79 Å². The van der Waals surface area contributed by atoms with E-state index in [9.17, 15) is 0 Å². The van der Waals surface area contributed by atoms with Gasteiger partial charge in [0, 0.05) is 10.5 Å². The van der Waals surface area contributed by atoms with E-state index in [0.29, 0.717) is 0 Å². The normalized spacial score (nSPS) is 15.0. The Balaban J connectivity index is 2.09. The van der Waals surface area contributed by atoms with Crippen LogP contribution in [0.3, 0.4) is 0 Å². The Morgan fingerprint density at radius 1 is 1.24 bits per heavy atom. The molecule has 1 aromatic rings. The number of fused-ring (bicyclic) bond motifs is 1. The van der Waals surface area contributed by atoms with Crippen molar-refractivity contribution in [3.05, 3.63) is 22.2 Å². The summed E-state index contributed by atoms with van der Waals surface area (Å²) in [7, 11) is 0. The lowest BCUT2D eigenvalue weighted by Crippen LogP contribution is -2.11. The lowest BCUT2D eigenvalue weighted by atomic mass is 10.0. The van der Waals surface area contributed by atoms with Gasteiger partial charge >= 0.3 is 0 Å². The molecule has 0 fully saturated rings. The number of hydrogen-bond donors (Lipinski definition) is 2. The molecule has 1 aromatic carbocycles. The van der Waals surface area contributed by atoms with Crippen molar-refractivity contribution >= 4 is 15.9 Å². The second-order valence-corrected chi connectivity index (χ2v) is 4.97. The average molecular weight is 301 g/mol. The molecule has 94 valence electrons. The van der Waals surface area contributed by atoms with Crippen molar-refractivity contribution in [1.82, 2.24) is 0 Å². The highest BCUT2D eigenvalue weighted by molar-refractivity contribution is 9.10. The van der Waals surface area contributed by atoms with Crippen molar-refractivity contribution in [3.63, 3.8) is 0 Å². The van der Waals surface area contributed by atoms with Crippen LogP contribution >= 0.6 is 15.9 Å². The molecule has 4 nitrogen and oxygen atoms in total. The largest absolute Gasteiger partial charge is 0.454 e. The first-order valence-corrected chi connectivity index (χ1v) is 6.56. The molecule has 0 saturated carbocycles. The molecule has 0 aliphatic carbocycles. The molecule has 0 aromatic heterocycles. The number of nitrogens with two attached hydrogens (primary N) is 2. The smallest absolute Gasteiger partial charge is 0.231 e. The molecule has 2 rings (SSSR count). The minimum atomic E-state index is 0.00502. The summed E-state index contributed by atoms with van der Waals surface area (Å²) in [5.74, 6) is 1.55. The predicted octanol–water partition coefficient (Wildman–Crippen LogP) is 2.31. The van der Waals surface area contributed by atoms with E-state index < -0.39 is 0 Å². The monoisotopic (exact) mass is 300 g/mol. The number of ether oxygens (including phenoxy) is 2. The molecule has 1 aliphatic rings. The molecule has 0 radical (unpaired) electrons. The summed E-state index contributed by atoms with van der Waals surface area (Å²) in [5.41, 5.74) is 12.7. The number of rotatable bonds is 5. The van der Waals surface area contributed by atoms with E-state index in [1.54, 1.807) is 0 Å². The van der Waals surface area contributed by atoms with E-state index >= 15 is 0 Å². The maximum absolute atomic E-state index is 6.16. The highest BCUT2D eigenvalue weighted by atomic mass is 79.9. The zero-order valence-corrected chi connectivity index (χ0v) is 11.2. The van der Waals surface area contributed by atoms with Crippen LogP contribution < -0.4 is 20.9 Å². The SMILES string of the molecule is NCCCC[C@@H](N)c1cc2c(cc1Br)OCO2. The zero-order valence-electron chi connectivity index (χ0n) is 9.62. The third-order valence-electron chi connectivity index (χ3n) is 2.86. The first-order chi connectivity index (χ1) is 8.22. The van der Waals surface area contributed by atoms with Crippen molar-refractivity contribution in [1.29, 1.82) is 0 Å². The van der Waals surface area contributed by atoms with Gasteiger partial charge < -0.3 is 20.9 Å². The van der Waals surface area contributed by atoms with E-state index in [-0.39, 0.29) is 12.8 Å². The van der Waals surface area contributed by atoms with Crippen molar-refractivity contribution < 1.29 is 9.47 Å². The van der Waals surface area contributed by atoms with Gasteiger partial charge in [0.05, 0.1) is 0 Å². The average Bonchev–Trinajstić information content (AvgIpc) is 2.75. The maximum Gasteiger partial charge on any atom is 0.231 e. The van der Waals surface area contributed by atoms with Crippen LogP contribution in [0.4, 0.5) is 0 Å². The van der Waals surface area contributed by atoms with E-state index in [2.05, 4.69) is 15.9 Å². The third kappa shape index (κ3) is 2.91. The Hall–Kier alpha value is -0.780. The highest BCUT2D eigenvalue weighted by Gasteiger charge is 2.19. The summed E-state index contributed by atoms with van der Waals surface area (Å²) in [5, 5.41) is 0. The Labute approximate surface area is 109 Å². The number of benzene rings is 1.